The van der Waals surface area contributed by atoms with Crippen molar-refractivity contribution in [3.05, 3.63) is 58.7 Å². The molecule has 2 aromatic carbocycles. The van der Waals surface area contributed by atoms with Gasteiger partial charge in [-0.2, -0.15) is 0 Å². The number of carbonyl (C=O) groups is 2. The molecule has 2 aromatic rings. The molecule has 0 spiro atoms. The maximum atomic E-state index is 13.0. The van der Waals surface area contributed by atoms with Crippen LogP contribution in [-0.4, -0.2) is 44.5 Å². The number of aryl methyl sites for hydroxylation is 2. The first-order valence-electron chi connectivity index (χ1n) is 8.87. The standard InChI is InChI=1S/C21H25N3O3/c1-13-10-15(11-14(2)19(13)27-5)20-23(4)21(26)16-8-6-7-9-17(16)24(20)12-18(25)22-3/h6-11,20H,12H2,1-5H3,(H,22,25). The molecule has 1 unspecified atom stereocenters. The van der Waals surface area contributed by atoms with E-state index in [9.17, 15) is 9.59 Å². The van der Waals surface area contributed by atoms with Gasteiger partial charge in [0.15, 0.2) is 0 Å². The topological polar surface area (TPSA) is 61.9 Å². The van der Waals surface area contributed by atoms with Crippen molar-refractivity contribution in [2.45, 2.75) is 20.0 Å². The van der Waals surface area contributed by atoms with Gasteiger partial charge in [-0.05, 0) is 54.8 Å². The number of amides is 2. The number of ether oxygens (including phenoxy) is 1. The number of benzene rings is 2. The van der Waals surface area contributed by atoms with Gasteiger partial charge in [0.25, 0.3) is 5.91 Å². The molecule has 1 heterocycles. The Morgan fingerprint density at radius 2 is 1.81 bits per heavy atom. The molecule has 1 N–H and O–H groups in total. The molecule has 6 nitrogen and oxygen atoms in total. The molecule has 1 aliphatic rings. The van der Waals surface area contributed by atoms with Crippen LogP contribution in [0, 0.1) is 13.8 Å². The second kappa shape index (κ2) is 7.31. The third-order valence-electron chi connectivity index (χ3n) is 5.00. The van der Waals surface area contributed by atoms with Gasteiger partial charge in [-0.15, -0.1) is 0 Å². The molecule has 6 heteroatoms. The Bertz CT molecular complexity index is 871. The minimum atomic E-state index is -0.381. The van der Waals surface area contributed by atoms with Gasteiger partial charge in [0, 0.05) is 14.1 Å². The minimum absolute atomic E-state index is 0.0603. The maximum absolute atomic E-state index is 13.0. The summed E-state index contributed by atoms with van der Waals surface area (Å²) in [5.74, 6) is 0.663. The fourth-order valence-corrected chi connectivity index (χ4v) is 3.81. The maximum Gasteiger partial charge on any atom is 0.257 e. The zero-order valence-corrected chi connectivity index (χ0v) is 16.4. The first-order chi connectivity index (χ1) is 12.9. The van der Waals surface area contributed by atoms with Crippen molar-refractivity contribution in [2.75, 3.05) is 32.6 Å². The van der Waals surface area contributed by atoms with Crippen LogP contribution in [0.5, 0.6) is 5.75 Å². The quantitative estimate of drug-likeness (QED) is 0.902. The smallest absolute Gasteiger partial charge is 0.257 e. The Balaban J connectivity index is 2.17. The van der Waals surface area contributed by atoms with Crippen LogP contribution in [0.3, 0.4) is 0 Å². The Hall–Kier alpha value is -3.02. The molecule has 0 aromatic heterocycles. The Morgan fingerprint density at radius 1 is 1.19 bits per heavy atom. The summed E-state index contributed by atoms with van der Waals surface area (Å²) in [6, 6.07) is 11.4. The summed E-state index contributed by atoms with van der Waals surface area (Å²) < 4.78 is 5.47. The van der Waals surface area contributed by atoms with E-state index in [4.69, 9.17) is 4.74 Å². The number of likely N-dealkylation sites (N-methyl/N-ethyl adjacent to an activating group) is 1. The van der Waals surface area contributed by atoms with E-state index in [1.165, 1.54) is 0 Å². The lowest BCUT2D eigenvalue weighted by Crippen LogP contribution is -2.50. The van der Waals surface area contributed by atoms with E-state index in [0.29, 0.717) is 5.56 Å². The van der Waals surface area contributed by atoms with Gasteiger partial charge >= 0.3 is 0 Å². The summed E-state index contributed by atoms with van der Waals surface area (Å²) in [7, 11) is 5.04. The highest BCUT2D eigenvalue weighted by atomic mass is 16.5. The minimum Gasteiger partial charge on any atom is -0.496 e. The average Bonchev–Trinajstić information content (AvgIpc) is 2.65. The van der Waals surface area contributed by atoms with Crippen LogP contribution in [0.25, 0.3) is 0 Å². The summed E-state index contributed by atoms with van der Waals surface area (Å²) in [5.41, 5.74) is 4.29. The van der Waals surface area contributed by atoms with Crippen LogP contribution in [0.1, 0.15) is 33.2 Å². The summed E-state index contributed by atoms with van der Waals surface area (Å²) >= 11 is 0. The number of nitrogens with one attached hydrogen (secondary N) is 1. The van der Waals surface area contributed by atoms with Crippen LogP contribution in [0.2, 0.25) is 0 Å². The summed E-state index contributed by atoms with van der Waals surface area (Å²) in [6.45, 7) is 4.12. The first-order valence-corrected chi connectivity index (χ1v) is 8.87. The zero-order valence-electron chi connectivity index (χ0n) is 16.4. The molecular weight excluding hydrogens is 342 g/mol. The van der Waals surface area contributed by atoms with Crippen molar-refractivity contribution >= 4 is 17.5 Å². The molecule has 2 amide bonds. The molecule has 0 aliphatic carbocycles. The van der Waals surface area contributed by atoms with Crippen LogP contribution in [0.4, 0.5) is 5.69 Å². The predicted molar refractivity (Wildman–Crippen MR) is 105 cm³/mol. The normalized spacial score (nSPS) is 16.2. The fourth-order valence-electron chi connectivity index (χ4n) is 3.81. The molecule has 1 atom stereocenters. The monoisotopic (exact) mass is 367 g/mol. The average molecular weight is 367 g/mol. The van der Waals surface area contributed by atoms with Crippen LogP contribution < -0.4 is 15.0 Å². The van der Waals surface area contributed by atoms with E-state index in [0.717, 1.165) is 28.1 Å². The van der Waals surface area contributed by atoms with Crippen molar-refractivity contribution < 1.29 is 14.3 Å². The number of carbonyl (C=O) groups excluding carboxylic acids is 2. The zero-order chi connectivity index (χ0) is 19.7. The molecule has 3 rings (SSSR count). The van der Waals surface area contributed by atoms with Crippen LogP contribution >= 0.6 is 0 Å². The van der Waals surface area contributed by atoms with Gasteiger partial charge in [-0.25, -0.2) is 0 Å². The van der Waals surface area contributed by atoms with Crippen LogP contribution in [-0.2, 0) is 4.79 Å². The van der Waals surface area contributed by atoms with Crippen molar-refractivity contribution in [1.29, 1.82) is 0 Å². The number of methoxy groups -OCH3 is 1. The van der Waals surface area contributed by atoms with E-state index in [1.807, 2.05) is 49.1 Å². The number of hydrogen-bond acceptors (Lipinski definition) is 4. The molecular formula is C21H25N3O3. The number of hydrogen-bond donors (Lipinski definition) is 1. The van der Waals surface area contributed by atoms with E-state index in [-0.39, 0.29) is 24.5 Å². The summed E-state index contributed by atoms with van der Waals surface area (Å²) in [5, 5.41) is 2.68. The van der Waals surface area contributed by atoms with Gasteiger partial charge < -0.3 is 19.9 Å². The van der Waals surface area contributed by atoms with Gasteiger partial charge in [0.2, 0.25) is 5.91 Å². The Morgan fingerprint density at radius 3 is 2.41 bits per heavy atom. The molecule has 0 saturated carbocycles. The number of fused-ring (bicyclic) bond motifs is 1. The number of rotatable bonds is 4. The summed E-state index contributed by atoms with van der Waals surface area (Å²) in [4.78, 5) is 28.8. The first kappa shape index (κ1) is 18.8. The predicted octanol–water partition coefficient (Wildman–Crippen LogP) is 2.65. The molecule has 0 radical (unpaired) electrons. The second-order valence-electron chi connectivity index (χ2n) is 6.80. The highest BCUT2D eigenvalue weighted by Gasteiger charge is 2.37. The van der Waals surface area contributed by atoms with E-state index in [1.54, 1.807) is 32.2 Å². The molecule has 0 saturated heterocycles. The second-order valence-corrected chi connectivity index (χ2v) is 6.80. The molecule has 0 bridgehead atoms. The molecule has 0 fully saturated rings. The lowest BCUT2D eigenvalue weighted by Gasteiger charge is -2.44. The van der Waals surface area contributed by atoms with Crippen LogP contribution in [0.15, 0.2) is 36.4 Å². The van der Waals surface area contributed by atoms with Gasteiger partial charge in [0.1, 0.15) is 11.9 Å². The lowest BCUT2D eigenvalue weighted by atomic mass is 9.98. The largest absolute Gasteiger partial charge is 0.496 e. The fraction of sp³-hybridized carbons (Fsp3) is 0.333. The van der Waals surface area contributed by atoms with Crippen molar-refractivity contribution in [3.8, 4) is 5.75 Å². The van der Waals surface area contributed by atoms with E-state index < -0.39 is 0 Å². The number of para-hydroxylation sites is 1. The lowest BCUT2D eigenvalue weighted by molar-refractivity contribution is -0.119. The third kappa shape index (κ3) is 3.23. The third-order valence-corrected chi connectivity index (χ3v) is 5.00. The molecule has 27 heavy (non-hydrogen) atoms. The van der Waals surface area contributed by atoms with Crippen molar-refractivity contribution in [3.63, 3.8) is 0 Å². The van der Waals surface area contributed by atoms with Crippen molar-refractivity contribution in [2.24, 2.45) is 0 Å². The van der Waals surface area contributed by atoms with Gasteiger partial charge in [-0.1, -0.05) is 12.1 Å². The SMILES string of the molecule is CNC(=O)CN1c2ccccc2C(=O)N(C)C1c1cc(C)c(OC)c(C)c1. The highest BCUT2D eigenvalue weighted by molar-refractivity contribution is 6.02. The molecule has 142 valence electrons. The van der Waals surface area contributed by atoms with E-state index >= 15 is 0 Å². The highest BCUT2D eigenvalue weighted by Crippen LogP contribution is 2.39. The summed E-state index contributed by atoms with van der Waals surface area (Å²) in [6.07, 6.45) is -0.381. The Labute approximate surface area is 159 Å². The molecule has 1 aliphatic heterocycles. The number of anilines is 1. The van der Waals surface area contributed by atoms with E-state index in [2.05, 4.69) is 5.32 Å². The van der Waals surface area contributed by atoms with Gasteiger partial charge in [0.05, 0.1) is 24.9 Å². The van der Waals surface area contributed by atoms with Gasteiger partial charge in [-0.3, -0.25) is 9.59 Å². The number of nitrogens with zero attached hydrogens (tertiary/aromatic N) is 2. The Kier molecular flexibility index (Phi) is 5.08. The van der Waals surface area contributed by atoms with Crippen molar-refractivity contribution in [1.82, 2.24) is 10.2 Å².